The molecule has 2 atom stereocenters. The molecule has 3 nitrogen and oxygen atoms in total. The zero-order chi connectivity index (χ0) is 9.97. The Labute approximate surface area is 85.2 Å². The van der Waals surface area contributed by atoms with Crippen molar-refractivity contribution in [2.75, 3.05) is 13.6 Å². The lowest BCUT2D eigenvalue weighted by Gasteiger charge is -2.28. The van der Waals surface area contributed by atoms with Crippen LogP contribution in [-0.2, 0) is 4.79 Å². The highest BCUT2D eigenvalue weighted by Crippen LogP contribution is 2.22. The topological polar surface area (TPSA) is 32.3 Å². The lowest BCUT2D eigenvalue weighted by Crippen LogP contribution is -2.42. The number of carbonyl (C=O) groups excluding carboxylic acids is 1. The molecule has 0 radical (unpaired) electrons. The Morgan fingerprint density at radius 1 is 1.43 bits per heavy atom. The highest BCUT2D eigenvalue weighted by atomic mass is 16.2. The summed E-state index contributed by atoms with van der Waals surface area (Å²) in [5.74, 6) is 0.299. The van der Waals surface area contributed by atoms with Gasteiger partial charge in [-0.1, -0.05) is 12.2 Å². The molecule has 0 saturated carbocycles. The van der Waals surface area contributed by atoms with Crippen LogP contribution in [0.2, 0.25) is 0 Å². The number of amides is 1. The summed E-state index contributed by atoms with van der Waals surface area (Å²) in [6, 6.07) is 0.534. The maximum atomic E-state index is 11.9. The van der Waals surface area contributed by atoms with Crippen molar-refractivity contribution in [2.45, 2.75) is 37.8 Å². The van der Waals surface area contributed by atoms with Crippen LogP contribution < -0.4 is 5.32 Å². The Morgan fingerprint density at radius 2 is 2.29 bits per heavy atom. The van der Waals surface area contributed by atoms with E-state index in [1.165, 1.54) is 0 Å². The van der Waals surface area contributed by atoms with Gasteiger partial charge < -0.3 is 10.2 Å². The normalized spacial score (nSPS) is 32.6. The van der Waals surface area contributed by atoms with Crippen LogP contribution in [0.15, 0.2) is 12.2 Å². The standard InChI is InChI=1S/C11H18N2O/c1-12-10-7-8-13(11(10)14)9-5-3-2-4-6-9/h2-3,9-10,12H,4-8H2,1H3. The van der Waals surface area contributed by atoms with Gasteiger partial charge in [-0.2, -0.15) is 0 Å². The maximum Gasteiger partial charge on any atom is 0.240 e. The molecule has 1 aliphatic heterocycles. The van der Waals surface area contributed by atoms with E-state index >= 15 is 0 Å². The average Bonchev–Trinajstić information content (AvgIpc) is 2.61. The molecule has 0 aromatic carbocycles. The van der Waals surface area contributed by atoms with Crippen molar-refractivity contribution < 1.29 is 4.79 Å². The minimum Gasteiger partial charge on any atom is -0.338 e. The molecule has 2 aliphatic rings. The molecule has 1 heterocycles. The number of likely N-dealkylation sites (N-methyl/N-ethyl adjacent to an activating group) is 1. The summed E-state index contributed by atoms with van der Waals surface area (Å²) < 4.78 is 0. The Balaban J connectivity index is 1.98. The monoisotopic (exact) mass is 194 g/mol. The van der Waals surface area contributed by atoms with E-state index in [1.807, 2.05) is 7.05 Å². The highest BCUT2D eigenvalue weighted by molar-refractivity contribution is 5.84. The second kappa shape index (κ2) is 4.13. The molecule has 1 aliphatic carbocycles. The maximum absolute atomic E-state index is 11.9. The lowest BCUT2D eigenvalue weighted by atomic mass is 10.0. The van der Waals surface area contributed by atoms with Crippen molar-refractivity contribution >= 4 is 5.91 Å². The highest BCUT2D eigenvalue weighted by Gasteiger charge is 2.34. The van der Waals surface area contributed by atoms with E-state index in [0.29, 0.717) is 11.9 Å². The molecular formula is C11H18N2O. The van der Waals surface area contributed by atoms with E-state index in [-0.39, 0.29) is 6.04 Å². The zero-order valence-electron chi connectivity index (χ0n) is 8.70. The van der Waals surface area contributed by atoms with Crippen LogP contribution in [0.1, 0.15) is 25.7 Å². The Morgan fingerprint density at radius 3 is 2.86 bits per heavy atom. The summed E-state index contributed by atoms with van der Waals surface area (Å²) in [6.45, 7) is 0.933. The van der Waals surface area contributed by atoms with Crippen LogP contribution in [0, 0.1) is 0 Å². The van der Waals surface area contributed by atoms with Crippen molar-refractivity contribution in [3.63, 3.8) is 0 Å². The first-order valence-corrected chi connectivity index (χ1v) is 5.45. The largest absolute Gasteiger partial charge is 0.338 e. The summed E-state index contributed by atoms with van der Waals surface area (Å²) in [5.41, 5.74) is 0. The lowest BCUT2D eigenvalue weighted by molar-refractivity contribution is -0.131. The molecule has 1 fully saturated rings. The first kappa shape index (κ1) is 9.71. The molecule has 0 aromatic heterocycles. The number of rotatable bonds is 2. The van der Waals surface area contributed by atoms with Crippen LogP contribution in [0.25, 0.3) is 0 Å². The first-order chi connectivity index (χ1) is 6.83. The molecule has 2 rings (SSSR count). The van der Waals surface area contributed by atoms with Gasteiger partial charge in [0.15, 0.2) is 0 Å². The molecule has 3 heteroatoms. The minimum absolute atomic E-state index is 0.0703. The van der Waals surface area contributed by atoms with Crippen molar-refractivity contribution in [2.24, 2.45) is 0 Å². The molecule has 1 N–H and O–H groups in total. The average molecular weight is 194 g/mol. The smallest absolute Gasteiger partial charge is 0.240 e. The van der Waals surface area contributed by atoms with Crippen molar-refractivity contribution in [3.8, 4) is 0 Å². The predicted octanol–water partition coefficient (Wildman–Crippen LogP) is 0.915. The van der Waals surface area contributed by atoms with Gasteiger partial charge in [-0.25, -0.2) is 0 Å². The first-order valence-electron chi connectivity index (χ1n) is 5.45. The Kier molecular flexibility index (Phi) is 2.87. The number of hydrogen-bond donors (Lipinski definition) is 1. The van der Waals surface area contributed by atoms with Gasteiger partial charge in [-0.3, -0.25) is 4.79 Å². The van der Waals surface area contributed by atoms with Crippen molar-refractivity contribution in [1.29, 1.82) is 0 Å². The van der Waals surface area contributed by atoms with Crippen LogP contribution in [-0.4, -0.2) is 36.5 Å². The number of nitrogens with zero attached hydrogens (tertiary/aromatic N) is 1. The molecule has 14 heavy (non-hydrogen) atoms. The number of hydrogen-bond acceptors (Lipinski definition) is 2. The van der Waals surface area contributed by atoms with E-state index in [0.717, 1.165) is 32.2 Å². The Bertz CT molecular complexity index is 250. The summed E-state index contributed by atoms with van der Waals surface area (Å²) in [6.07, 6.45) is 8.69. The number of likely N-dealkylation sites (tertiary alicyclic amines) is 1. The summed E-state index contributed by atoms with van der Waals surface area (Å²) >= 11 is 0. The van der Waals surface area contributed by atoms with E-state index in [4.69, 9.17) is 0 Å². The van der Waals surface area contributed by atoms with Gasteiger partial charge in [0.25, 0.3) is 0 Å². The molecule has 1 saturated heterocycles. The number of nitrogens with one attached hydrogen (secondary N) is 1. The van der Waals surface area contributed by atoms with Gasteiger partial charge in [-0.15, -0.1) is 0 Å². The molecular weight excluding hydrogens is 176 g/mol. The second-order valence-electron chi connectivity index (χ2n) is 4.10. The Hall–Kier alpha value is -0.830. The van der Waals surface area contributed by atoms with Crippen LogP contribution in [0.5, 0.6) is 0 Å². The van der Waals surface area contributed by atoms with Crippen molar-refractivity contribution in [3.05, 3.63) is 12.2 Å². The zero-order valence-corrected chi connectivity index (χ0v) is 8.70. The third-order valence-corrected chi connectivity index (χ3v) is 3.27. The summed E-state index contributed by atoms with van der Waals surface area (Å²) in [5, 5.41) is 3.07. The van der Waals surface area contributed by atoms with Gasteiger partial charge in [0.1, 0.15) is 0 Å². The molecule has 1 amide bonds. The molecule has 0 spiro atoms. The second-order valence-corrected chi connectivity index (χ2v) is 4.10. The SMILES string of the molecule is CNC1CCN(C2CC=CCC2)C1=O. The van der Waals surface area contributed by atoms with Crippen molar-refractivity contribution in [1.82, 2.24) is 10.2 Å². The molecule has 2 unspecified atom stereocenters. The third kappa shape index (κ3) is 1.69. The van der Waals surface area contributed by atoms with Gasteiger partial charge in [0.05, 0.1) is 6.04 Å². The number of carbonyl (C=O) groups is 1. The predicted molar refractivity (Wildman–Crippen MR) is 56.0 cm³/mol. The van der Waals surface area contributed by atoms with E-state index < -0.39 is 0 Å². The molecule has 0 aromatic rings. The van der Waals surface area contributed by atoms with E-state index in [9.17, 15) is 4.79 Å². The van der Waals surface area contributed by atoms with E-state index in [1.54, 1.807) is 0 Å². The third-order valence-electron chi connectivity index (χ3n) is 3.27. The van der Waals surface area contributed by atoms with Gasteiger partial charge in [-0.05, 0) is 32.7 Å². The fourth-order valence-electron chi connectivity index (χ4n) is 2.39. The minimum atomic E-state index is 0.0703. The summed E-state index contributed by atoms with van der Waals surface area (Å²) in [4.78, 5) is 13.9. The molecule has 78 valence electrons. The van der Waals surface area contributed by atoms with Gasteiger partial charge in [0, 0.05) is 12.6 Å². The van der Waals surface area contributed by atoms with Crippen LogP contribution in [0.4, 0.5) is 0 Å². The fourth-order valence-corrected chi connectivity index (χ4v) is 2.39. The van der Waals surface area contributed by atoms with Crippen LogP contribution >= 0.6 is 0 Å². The molecule has 0 bridgehead atoms. The van der Waals surface area contributed by atoms with Gasteiger partial charge >= 0.3 is 0 Å². The fraction of sp³-hybridized carbons (Fsp3) is 0.727. The summed E-state index contributed by atoms with van der Waals surface area (Å²) in [7, 11) is 1.87. The van der Waals surface area contributed by atoms with Crippen LogP contribution in [0.3, 0.4) is 0 Å². The van der Waals surface area contributed by atoms with Gasteiger partial charge in [0.2, 0.25) is 5.91 Å². The number of allylic oxidation sites excluding steroid dienone is 1. The quantitative estimate of drug-likeness (QED) is 0.663. The van der Waals surface area contributed by atoms with E-state index in [2.05, 4.69) is 22.4 Å².